The molecule has 0 fully saturated rings. The van der Waals surface area contributed by atoms with Crippen LogP contribution in [-0.4, -0.2) is 40.0 Å². The van der Waals surface area contributed by atoms with E-state index in [0.29, 0.717) is 19.0 Å². The van der Waals surface area contributed by atoms with Crippen molar-refractivity contribution in [2.45, 2.75) is 39.5 Å². The molecule has 0 amide bonds. The van der Waals surface area contributed by atoms with E-state index in [2.05, 4.69) is 26.8 Å². The van der Waals surface area contributed by atoms with Gasteiger partial charge in [-0.2, -0.15) is 5.10 Å². The van der Waals surface area contributed by atoms with Gasteiger partial charge in [0, 0.05) is 25.5 Å². The van der Waals surface area contributed by atoms with Crippen LogP contribution in [-0.2, 0) is 6.54 Å². The summed E-state index contributed by atoms with van der Waals surface area (Å²) in [6.45, 7) is 7.59. The molecule has 0 aliphatic rings. The minimum absolute atomic E-state index is 0.122. The second-order valence-electron chi connectivity index (χ2n) is 7.45. The zero-order valence-corrected chi connectivity index (χ0v) is 18.3. The lowest BCUT2D eigenvalue weighted by atomic mass is 10.1. The summed E-state index contributed by atoms with van der Waals surface area (Å²) in [5, 5.41) is 21.3. The average Bonchev–Trinajstić information content (AvgIpc) is 3.31. The van der Waals surface area contributed by atoms with E-state index < -0.39 is 6.10 Å². The van der Waals surface area contributed by atoms with Crippen LogP contribution in [0.2, 0.25) is 0 Å². The second kappa shape index (κ2) is 11.2. The van der Waals surface area contributed by atoms with Crippen molar-refractivity contribution in [2.24, 2.45) is 4.99 Å². The Morgan fingerprint density at radius 1 is 1.13 bits per heavy atom. The molecule has 7 heteroatoms. The summed E-state index contributed by atoms with van der Waals surface area (Å²) in [5.74, 6) is 1.46. The first-order chi connectivity index (χ1) is 15.0. The van der Waals surface area contributed by atoms with Crippen molar-refractivity contribution in [2.75, 3.05) is 13.1 Å². The predicted octanol–water partition coefficient (Wildman–Crippen LogP) is 3.45. The zero-order chi connectivity index (χ0) is 22.1. The van der Waals surface area contributed by atoms with Crippen LogP contribution in [0.4, 0.5) is 0 Å². The Hall–Kier alpha value is -3.32. The fourth-order valence-electron chi connectivity index (χ4n) is 3.08. The van der Waals surface area contributed by atoms with Gasteiger partial charge in [0.05, 0.1) is 24.4 Å². The number of aliphatic hydroxyl groups excluding tert-OH is 1. The third-order valence-corrected chi connectivity index (χ3v) is 4.54. The summed E-state index contributed by atoms with van der Waals surface area (Å²) in [6.07, 6.45) is 3.14. The number of ether oxygens (including phenoxy) is 1. The lowest BCUT2D eigenvalue weighted by Crippen LogP contribution is -2.39. The number of benzene rings is 2. The second-order valence-corrected chi connectivity index (χ2v) is 7.45. The molecule has 164 valence electrons. The van der Waals surface area contributed by atoms with Crippen molar-refractivity contribution in [3.63, 3.8) is 0 Å². The van der Waals surface area contributed by atoms with Gasteiger partial charge in [-0.3, -0.25) is 0 Å². The molecular weight excluding hydrogens is 390 g/mol. The summed E-state index contributed by atoms with van der Waals surface area (Å²) < 4.78 is 7.48. The van der Waals surface area contributed by atoms with Gasteiger partial charge in [0.15, 0.2) is 5.96 Å². The molecule has 0 spiro atoms. The van der Waals surface area contributed by atoms with Crippen molar-refractivity contribution >= 4 is 5.96 Å². The van der Waals surface area contributed by atoms with E-state index in [1.165, 1.54) is 0 Å². The van der Waals surface area contributed by atoms with Crippen molar-refractivity contribution in [3.8, 4) is 11.4 Å². The molecule has 1 unspecified atom stereocenters. The van der Waals surface area contributed by atoms with E-state index in [1.807, 2.05) is 80.2 Å². The van der Waals surface area contributed by atoms with Gasteiger partial charge < -0.3 is 20.5 Å². The first-order valence-corrected chi connectivity index (χ1v) is 10.6. The Kier molecular flexibility index (Phi) is 8.06. The van der Waals surface area contributed by atoms with Crippen LogP contribution in [0.25, 0.3) is 5.69 Å². The maximum Gasteiger partial charge on any atom is 0.191 e. The third-order valence-electron chi connectivity index (χ3n) is 4.54. The Labute approximate surface area is 183 Å². The molecule has 1 atom stereocenters. The Morgan fingerprint density at radius 3 is 2.61 bits per heavy atom. The van der Waals surface area contributed by atoms with Gasteiger partial charge in [-0.1, -0.05) is 24.3 Å². The number of rotatable bonds is 9. The standard InChI is InChI=1S/C24H31N5O2/c1-4-25-24(26-16-19-7-5-8-21(15-19)29-14-6-13-28-29)27-17-23(30)20-9-11-22(12-10-20)31-18(2)3/h5-15,18,23,30H,4,16-17H2,1-3H3,(H2,25,26,27). The molecule has 1 heterocycles. The molecule has 3 rings (SSSR count). The highest BCUT2D eigenvalue weighted by atomic mass is 16.5. The Balaban J connectivity index is 1.59. The van der Waals surface area contributed by atoms with Crippen LogP contribution >= 0.6 is 0 Å². The van der Waals surface area contributed by atoms with Gasteiger partial charge in [0.1, 0.15) is 5.75 Å². The van der Waals surface area contributed by atoms with Gasteiger partial charge in [0.25, 0.3) is 0 Å². The molecule has 0 radical (unpaired) electrons. The largest absolute Gasteiger partial charge is 0.491 e. The fraction of sp³-hybridized carbons (Fsp3) is 0.333. The van der Waals surface area contributed by atoms with Gasteiger partial charge in [-0.05, 0) is 62.2 Å². The number of hydrogen-bond donors (Lipinski definition) is 3. The third kappa shape index (κ3) is 6.86. The number of nitrogens with zero attached hydrogens (tertiary/aromatic N) is 3. The molecule has 2 aromatic carbocycles. The molecule has 0 aliphatic heterocycles. The van der Waals surface area contributed by atoms with Crippen molar-refractivity contribution < 1.29 is 9.84 Å². The topological polar surface area (TPSA) is 83.7 Å². The van der Waals surface area contributed by atoms with Gasteiger partial charge in [0.2, 0.25) is 0 Å². The molecule has 0 bridgehead atoms. The molecule has 0 aliphatic carbocycles. The average molecular weight is 422 g/mol. The summed E-state index contributed by atoms with van der Waals surface area (Å²) in [7, 11) is 0. The van der Waals surface area contributed by atoms with Crippen LogP contribution in [0, 0.1) is 0 Å². The van der Waals surface area contributed by atoms with Crippen LogP contribution in [0.3, 0.4) is 0 Å². The highest BCUT2D eigenvalue weighted by Gasteiger charge is 2.09. The van der Waals surface area contributed by atoms with Crippen LogP contribution < -0.4 is 15.4 Å². The SMILES string of the molecule is CCNC(=NCc1cccc(-n2cccn2)c1)NCC(O)c1ccc(OC(C)C)cc1. The number of hydrogen-bond acceptors (Lipinski definition) is 4. The maximum absolute atomic E-state index is 10.5. The quantitative estimate of drug-likeness (QED) is 0.364. The van der Waals surface area contributed by atoms with Crippen molar-refractivity contribution in [1.82, 2.24) is 20.4 Å². The normalized spacial score (nSPS) is 12.6. The fourth-order valence-corrected chi connectivity index (χ4v) is 3.08. The molecule has 0 saturated carbocycles. The zero-order valence-electron chi connectivity index (χ0n) is 18.3. The molecule has 3 aromatic rings. The van der Waals surface area contributed by atoms with E-state index in [1.54, 1.807) is 6.20 Å². The minimum atomic E-state index is -0.653. The Bertz CT molecular complexity index is 952. The van der Waals surface area contributed by atoms with E-state index in [9.17, 15) is 5.11 Å². The molecule has 1 aromatic heterocycles. The lowest BCUT2D eigenvalue weighted by Gasteiger charge is -2.16. The highest BCUT2D eigenvalue weighted by molar-refractivity contribution is 5.79. The first kappa shape index (κ1) is 22.4. The van der Waals surface area contributed by atoms with Crippen molar-refractivity contribution in [1.29, 1.82) is 0 Å². The summed E-state index contributed by atoms with van der Waals surface area (Å²) in [4.78, 5) is 4.65. The minimum Gasteiger partial charge on any atom is -0.491 e. The summed E-state index contributed by atoms with van der Waals surface area (Å²) in [5.41, 5.74) is 2.90. The number of aliphatic hydroxyl groups is 1. The lowest BCUT2D eigenvalue weighted by molar-refractivity contribution is 0.180. The summed E-state index contributed by atoms with van der Waals surface area (Å²) >= 11 is 0. The highest BCUT2D eigenvalue weighted by Crippen LogP contribution is 2.18. The smallest absolute Gasteiger partial charge is 0.191 e. The first-order valence-electron chi connectivity index (χ1n) is 10.6. The molecule has 3 N–H and O–H groups in total. The van der Waals surface area contributed by atoms with Crippen LogP contribution in [0.15, 0.2) is 72.0 Å². The number of nitrogens with one attached hydrogen (secondary N) is 2. The van der Waals surface area contributed by atoms with Gasteiger partial charge >= 0.3 is 0 Å². The molecule has 0 saturated heterocycles. The van der Waals surface area contributed by atoms with Crippen LogP contribution in [0.5, 0.6) is 5.75 Å². The van der Waals surface area contributed by atoms with Gasteiger partial charge in [-0.15, -0.1) is 0 Å². The predicted molar refractivity (Wildman–Crippen MR) is 124 cm³/mol. The van der Waals surface area contributed by atoms with E-state index in [-0.39, 0.29) is 6.10 Å². The number of guanidine groups is 1. The van der Waals surface area contributed by atoms with E-state index in [4.69, 9.17) is 4.74 Å². The van der Waals surface area contributed by atoms with Crippen molar-refractivity contribution in [3.05, 3.63) is 78.1 Å². The molecular formula is C24H31N5O2. The number of aromatic nitrogens is 2. The maximum atomic E-state index is 10.5. The molecule has 31 heavy (non-hydrogen) atoms. The summed E-state index contributed by atoms with van der Waals surface area (Å²) in [6, 6.07) is 17.5. The molecule has 7 nitrogen and oxygen atoms in total. The van der Waals surface area contributed by atoms with E-state index >= 15 is 0 Å². The monoisotopic (exact) mass is 421 g/mol. The van der Waals surface area contributed by atoms with Crippen LogP contribution in [0.1, 0.15) is 38.0 Å². The Morgan fingerprint density at radius 2 is 1.94 bits per heavy atom. The van der Waals surface area contributed by atoms with Gasteiger partial charge in [-0.25, -0.2) is 9.67 Å². The van der Waals surface area contributed by atoms with E-state index in [0.717, 1.165) is 29.1 Å². The number of aliphatic imine (C=N–C) groups is 1.